The van der Waals surface area contributed by atoms with Gasteiger partial charge in [-0.2, -0.15) is 10.2 Å². The first-order valence-electron chi connectivity index (χ1n) is 11.5. The van der Waals surface area contributed by atoms with E-state index in [-0.39, 0.29) is 12.1 Å². The standard InChI is InChI=1S/C24H33N7O/c1-4-13-30-17-20(19(3)28-30)16-29-14-10-21(11-15-29)31-23(9-12-25-31)27-24(32)26-22-8-6-5-7-18(22)2/h5-9,12,17,21H,4,10-11,13-16H2,1-3H3,(H2,26,27,32). The van der Waals surface area contributed by atoms with E-state index >= 15 is 0 Å². The van der Waals surface area contributed by atoms with Crippen LogP contribution in [0.25, 0.3) is 0 Å². The maximum Gasteiger partial charge on any atom is 0.324 e. The van der Waals surface area contributed by atoms with E-state index in [1.54, 1.807) is 6.20 Å². The van der Waals surface area contributed by atoms with Crippen molar-refractivity contribution in [1.29, 1.82) is 0 Å². The zero-order valence-corrected chi connectivity index (χ0v) is 19.2. The molecule has 0 bridgehead atoms. The lowest BCUT2D eigenvalue weighted by Gasteiger charge is -2.32. The number of rotatable bonds is 7. The topological polar surface area (TPSA) is 80.0 Å². The minimum atomic E-state index is -0.252. The van der Waals surface area contributed by atoms with Crippen LogP contribution in [-0.4, -0.2) is 43.6 Å². The van der Waals surface area contributed by atoms with Gasteiger partial charge in [0.1, 0.15) is 5.82 Å². The van der Waals surface area contributed by atoms with Crippen molar-refractivity contribution in [2.75, 3.05) is 23.7 Å². The van der Waals surface area contributed by atoms with Crippen LogP contribution in [0.2, 0.25) is 0 Å². The van der Waals surface area contributed by atoms with Crippen molar-refractivity contribution >= 4 is 17.5 Å². The van der Waals surface area contributed by atoms with Crippen molar-refractivity contribution in [2.24, 2.45) is 0 Å². The number of likely N-dealkylation sites (tertiary alicyclic amines) is 1. The van der Waals surface area contributed by atoms with Crippen molar-refractivity contribution < 1.29 is 4.79 Å². The smallest absolute Gasteiger partial charge is 0.307 e. The third kappa shape index (κ3) is 5.19. The summed E-state index contributed by atoms with van der Waals surface area (Å²) in [6.07, 6.45) is 7.03. The first kappa shape index (κ1) is 22.1. The molecule has 1 aromatic carbocycles. The number of hydrogen-bond donors (Lipinski definition) is 2. The summed E-state index contributed by atoms with van der Waals surface area (Å²) in [7, 11) is 0. The molecule has 4 rings (SSSR count). The predicted octanol–water partition coefficient (Wildman–Crippen LogP) is 4.59. The summed E-state index contributed by atoms with van der Waals surface area (Å²) in [6.45, 7) is 10.1. The molecular formula is C24H33N7O. The Labute approximate surface area is 189 Å². The van der Waals surface area contributed by atoms with Crippen molar-refractivity contribution in [3.63, 3.8) is 0 Å². The summed E-state index contributed by atoms with van der Waals surface area (Å²) in [4.78, 5) is 15.0. The molecule has 0 aliphatic carbocycles. The van der Waals surface area contributed by atoms with Gasteiger partial charge in [-0.25, -0.2) is 9.48 Å². The Morgan fingerprint density at radius 1 is 1.12 bits per heavy atom. The Hall–Kier alpha value is -3.13. The van der Waals surface area contributed by atoms with E-state index in [9.17, 15) is 4.79 Å². The Balaban J connectivity index is 1.32. The maximum atomic E-state index is 12.5. The molecule has 0 atom stereocenters. The highest BCUT2D eigenvalue weighted by atomic mass is 16.2. The molecule has 1 aliphatic heterocycles. The molecule has 0 unspecified atom stereocenters. The number of piperidine rings is 1. The van der Waals surface area contributed by atoms with E-state index in [0.29, 0.717) is 0 Å². The number of aromatic nitrogens is 4. The second-order valence-corrected chi connectivity index (χ2v) is 8.57. The van der Waals surface area contributed by atoms with Crippen molar-refractivity contribution in [1.82, 2.24) is 24.5 Å². The lowest BCUT2D eigenvalue weighted by atomic mass is 10.0. The summed E-state index contributed by atoms with van der Waals surface area (Å²) in [5, 5.41) is 15.0. The summed E-state index contributed by atoms with van der Waals surface area (Å²) in [5.41, 5.74) is 4.27. The molecular weight excluding hydrogens is 402 g/mol. The predicted molar refractivity (Wildman–Crippen MR) is 127 cm³/mol. The van der Waals surface area contributed by atoms with Gasteiger partial charge in [-0.05, 0) is 44.7 Å². The number of carbonyl (C=O) groups is 1. The molecule has 2 amide bonds. The number of urea groups is 1. The zero-order valence-electron chi connectivity index (χ0n) is 19.2. The van der Waals surface area contributed by atoms with E-state index in [0.717, 1.165) is 68.2 Å². The van der Waals surface area contributed by atoms with Crippen LogP contribution < -0.4 is 10.6 Å². The number of nitrogens with one attached hydrogen (secondary N) is 2. The second-order valence-electron chi connectivity index (χ2n) is 8.57. The Bertz CT molecular complexity index is 1050. The molecule has 1 fully saturated rings. The quantitative estimate of drug-likeness (QED) is 0.569. The van der Waals surface area contributed by atoms with Gasteiger partial charge in [0.2, 0.25) is 0 Å². The van der Waals surface area contributed by atoms with Crippen LogP contribution in [0.15, 0.2) is 42.7 Å². The van der Waals surface area contributed by atoms with Gasteiger partial charge in [-0.3, -0.25) is 14.9 Å². The minimum Gasteiger partial charge on any atom is -0.307 e. The molecule has 32 heavy (non-hydrogen) atoms. The van der Waals surface area contributed by atoms with E-state index in [4.69, 9.17) is 0 Å². The van der Waals surface area contributed by atoms with E-state index in [1.807, 2.05) is 41.9 Å². The zero-order chi connectivity index (χ0) is 22.5. The number of nitrogens with zero attached hydrogens (tertiary/aromatic N) is 5. The van der Waals surface area contributed by atoms with Gasteiger partial charge in [0, 0.05) is 49.7 Å². The van der Waals surface area contributed by atoms with Crippen LogP contribution in [0.5, 0.6) is 0 Å². The highest BCUT2D eigenvalue weighted by Gasteiger charge is 2.24. The van der Waals surface area contributed by atoms with E-state index in [1.165, 1.54) is 5.56 Å². The van der Waals surface area contributed by atoms with Crippen LogP contribution in [0.1, 0.15) is 49.0 Å². The average Bonchev–Trinajstić information content (AvgIpc) is 3.37. The molecule has 0 spiro atoms. The third-order valence-electron chi connectivity index (χ3n) is 6.10. The molecule has 8 nitrogen and oxygen atoms in total. The molecule has 1 aliphatic rings. The SMILES string of the molecule is CCCn1cc(CN2CCC(n3nccc3NC(=O)Nc3ccccc3C)CC2)c(C)n1. The third-order valence-corrected chi connectivity index (χ3v) is 6.10. The van der Waals surface area contributed by atoms with Gasteiger partial charge >= 0.3 is 6.03 Å². The highest BCUT2D eigenvalue weighted by Crippen LogP contribution is 2.27. The Kier molecular flexibility index (Phi) is 6.90. The summed E-state index contributed by atoms with van der Waals surface area (Å²) < 4.78 is 4.01. The van der Waals surface area contributed by atoms with Gasteiger partial charge in [0.15, 0.2) is 0 Å². The second kappa shape index (κ2) is 9.99. The number of aryl methyl sites for hydroxylation is 3. The van der Waals surface area contributed by atoms with Gasteiger partial charge in [0.05, 0.1) is 17.9 Å². The molecule has 0 saturated carbocycles. The van der Waals surface area contributed by atoms with Crippen LogP contribution >= 0.6 is 0 Å². The molecule has 8 heteroatoms. The van der Waals surface area contributed by atoms with Gasteiger partial charge < -0.3 is 5.32 Å². The number of para-hydroxylation sites is 1. The van der Waals surface area contributed by atoms with Crippen molar-refractivity contribution in [2.45, 2.75) is 59.2 Å². The van der Waals surface area contributed by atoms with Crippen molar-refractivity contribution in [3.05, 3.63) is 59.5 Å². The molecule has 170 valence electrons. The van der Waals surface area contributed by atoms with E-state index in [2.05, 4.69) is 50.5 Å². The van der Waals surface area contributed by atoms with Gasteiger partial charge in [0.25, 0.3) is 0 Å². The summed E-state index contributed by atoms with van der Waals surface area (Å²) in [5.74, 6) is 0.728. The molecule has 2 N–H and O–H groups in total. The molecule has 3 heterocycles. The number of amides is 2. The Morgan fingerprint density at radius 2 is 1.91 bits per heavy atom. The van der Waals surface area contributed by atoms with Crippen LogP contribution in [-0.2, 0) is 13.1 Å². The Morgan fingerprint density at radius 3 is 2.66 bits per heavy atom. The molecule has 0 radical (unpaired) electrons. The van der Waals surface area contributed by atoms with Crippen LogP contribution in [0.3, 0.4) is 0 Å². The molecule has 3 aromatic rings. The highest BCUT2D eigenvalue weighted by molar-refractivity contribution is 5.99. The molecule has 2 aromatic heterocycles. The van der Waals surface area contributed by atoms with Gasteiger partial charge in [-0.15, -0.1) is 0 Å². The van der Waals surface area contributed by atoms with Crippen LogP contribution in [0.4, 0.5) is 16.3 Å². The lowest BCUT2D eigenvalue weighted by Crippen LogP contribution is -2.35. The largest absolute Gasteiger partial charge is 0.324 e. The number of benzene rings is 1. The van der Waals surface area contributed by atoms with Crippen molar-refractivity contribution in [3.8, 4) is 0 Å². The molecule has 1 saturated heterocycles. The number of carbonyl (C=O) groups excluding carboxylic acids is 1. The lowest BCUT2D eigenvalue weighted by molar-refractivity contribution is 0.174. The monoisotopic (exact) mass is 435 g/mol. The van der Waals surface area contributed by atoms with E-state index < -0.39 is 0 Å². The average molecular weight is 436 g/mol. The number of hydrogen-bond acceptors (Lipinski definition) is 4. The first-order chi connectivity index (χ1) is 15.5. The van der Waals surface area contributed by atoms with Crippen LogP contribution in [0, 0.1) is 13.8 Å². The fourth-order valence-corrected chi connectivity index (χ4v) is 4.31. The fraction of sp³-hybridized carbons (Fsp3) is 0.458. The van der Waals surface area contributed by atoms with Gasteiger partial charge in [-0.1, -0.05) is 25.1 Å². The summed E-state index contributed by atoms with van der Waals surface area (Å²) >= 11 is 0. The summed E-state index contributed by atoms with van der Waals surface area (Å²) in [6, 6.07) is 9.63. The fourth-order valence-electron chi connectivity index (χ4n) is 4.31. The maximum absolute atomic E-state index is 12.5. The minimum absolute atomic E-state index is 0.252. The normalized spacial score (nSPS) is 15.1. The first-order valence-corrected chi connectivity index (χ1v) is 11.5. The number of anilines is 2.